The molecule has 0 radical (unpaired) electrons. The first-order valence-electron chi connectivity index (χ1n) is 5.38. The van der Waals surface area contributed by atoms with Crippen LogP contribution in [0.5, 0.6) is 0 Å². The number of nitrogens with one attached hydrogen (secondary N) is 1. The standard InChI is InChI=1S/C10H11F2N5O2S/c1-17-5-14-16-9(17)4-15-20(18,19)8-3-6(13)2-7(11)10(8)12/h2-3,5,15H,4,13H2,1H3. The zero-order chi connectivity index (χ0) is 14.9. The third-order valence-corrected chi connectivity index (χ3v) is 3.93. The van der Waals surface area contributed by atoms with Crippen LogP contribution in [0, 0.1) is 11.6 Å². The molecule has 0 atom stereocenters. The van der Waals surface area contributed by atoms with E-state index >= 15 is 0 Å². The number of halogens is 2. The van der Waals surface area contributed by atoms with E-state index in [1.807, 2.05) is 0 Å². The number of nitrogen functional groups attached to an aromatic ring is 1. The highest BCUT2D eigenvalue weighted by atomic mass is 32.2. The molecule has 1 aromatic heterocycles. The van der Waals surface area contributed by atoms with Crippen molar-refractivity contribution < 1.29 is 17.2 Å². The summed E-state index contributed by atoms with van der Waals surface area (Å²) < 4.78 is 54.2. The van der Waals surface area contributed by atoms with Gasteiger partial charge in [0.15, 0.2) is 11.6 Å². The van der Waals surface area contributed by atoms with Crippen molar-refractivity contribution in [2.45, 2.75) is 11.4 Å². The molecule has 3 N–H and O–H groups in total. The number of aromatic nitrogens is 3. The highest BCUT2D eigenvalue weighted by molar-refractivity contribution is 7.89. The second-order valence-corrected chi connectivity index (χ2v) is 5.73. The lowest BCUT2D eigenvalue weighted by molar-refractivity contribution is 0.483. The molecule has 1 aromatic carbocycles. The van der Waals surface area contributed by atoms with Crippen LogP contribution in [0.4, 0.5) is 14.5 Å². The molecule has 20 heavy (non-hydrogen) atoms. The van der Waals surface area contributed by atoms with Crippen molar-refractivity contribution in [2.24, 2.45) is 7.05 Å². The summed E-state index contributed by atoms with van der Waals surface area (Å²) in [4.78, 5) is -0.850. The minimum absolute atomic E-state index is 0.192. The fourth-order valence-electron chi connectivity index (χ4n) is 1.48. The summed E-state index contributed by atoms with van der Waals surface area (Å²) in [5, 5.41) is 7.23. The van der Waals surface area contributed by atoms with Gasteiger partial charge in [0.25, 0.3) is 0 Å². The van der Waals surface area contributed by atoms with Gasteiger partial charge < -0.3 is 10.3 Å². The Balaban J connectivity index is 2.29. The van der Waals surface area contributed by atoms with Gasteiger partial charge in [-0.2, -0.15) is 0 Å². The van der Waals surface area contributed by atoms with Crippen LogP contribution in [0.1, 0.15) is 5.82 Å². The molecule has 0 saturated heterocycles. The first-order chi connectivity index (χ1) is 9.31. The Morgan fingerprint density at radius 2 is 2.10 bits per heavy atom. The van der Waals surface area contributed by atoms with E-state index in [2.05, 4.69) is 14.9 Å². The Morgan fingerprint density at radius 1 is 1.40 bits per heavy atom. The predicted octanol–water partition coefficient (Wildman–Crippen LogP) is 0.154. The maximum absolute atomic E-state index is 13.5. The number of benzene rings is 1. The lowest BCUT2D eigenvalue weighted by atomic mass is 10.3. The number of hydrogen-bond donors (Lipinski definition) is 2. The molecule has 0 aliphatic heterocycles. The third kappa shape index (κ3) is 2.75. The van der Waals surface area contributed by atoms with E-state index in [1.165, 1.54) is 10.9 Å². The first kappa shape index (κ1) is 14.3. The highest BCUT2D eigenvalue weighted by Crippen LogP contribution is 2.21. The van der Waals surface area contributed by atoms with E-state index in [4.69, 9.17) is 5.73 Å². The van der Waals surface area contributed by atoms with Gasteiger partial charge in [-0.05, 0) is 12.1 Å². The van der Waals surface area contributed by atoms with E-state index in [-0.39, 0.29) is 12.2 Å². The molecular formula is C10H11F2N5O2S. The minimum Gasteiger partial charge on any atom is -0.399 e. The molecule has 0 fully saturated rings. The number of anilines is 1. The van der Waals surface area contributed by atoms with Crippen LogP contribution in [-0.2, 0) is 23.6 Å². The van der Waals surface area contributed by atoms with Gasteiger partial charge in [-0.15, -0.1) is 10.2 Å². The molecule has 2 rings (SSSR count). The summed E-state index contributed by atoms with van der Waals surface area (Å²) in [6, 6.07) is 1.55. The lowest BCUT2D eigenvalue weighted by Crippen LogP contribution is -2.26. The predicted molar refractivity (Wildman–Crippen MR) is 65.8 cm³/mol. The Hall–Kier alpha value is -2.07. The lowest BCUT2D eigenvalue weighted by Gasteiger charge is -2.08. The average Bonchev–Trinajstić information content (AvgIpc) is 2.77. The van der Waals surface area contributed by atoms with Gasteiger partial charge in [-0.25, -0.2) is 21.9 Å². The Labute approximate surface area is 113 Å². The number of hydrogen-bond acceptors (Lipinski definition) is 5. The fraction of sp³-hybridized carbons (Fsp3) is 0.200. The monoisotopic (exact) mass is 303 g/mol. The third-order valence-electron chi connectivity index (χ3n) is 2.53. The summed E-state index contributed by atoms with van der Waals surface area (Å²) in [5.41, 5.74) is 5.12. The molecule has 2 aromatic rings. The smallest absolute Gasteiger partial charge is 0.244 e. The van der Waals surface area contributed by atoms with Gasteiger partial charge in [0, 0.05) is 12.7 Å². The van der Waals surface area contributed by atoms with Crippen LogP contribution >= 0.6 is 0 Å². The number of nitrogens with zero attached hydrogens (tertiary/aromatic N) is 3. The van der Waals surface area contributed by atoms with Crippen LogP contribution in [0.2, 0.25) is 0 Å². The van der Waals surface area contributed by atoms with E-state index in [9.17, 15) is 17.2 Å². The van der Waals surface area contributed by atoms with Crippen molar-refractivity contribution >= 4 is 15.7 Å². The summed E-state index contributed by atoms with van der Waals surface area (Å²) in [6.45, 7) is -0.214. The fourth-order valence-corrected chi connectivity index (χ4v) is 2.58. The molecule has 1 heterocycles. The summed E-state index contributed by atoms with van der Waals surface area (Å²) in [6.07, 6.45) is 1.38. The van der Waals surface area contributed by atoms with Gasteiger partial charge in [-0.3, -0.25) is 0 Å². The van der Waals surface area contributed by atoms with Crippen molar-refractivity contribution in [3.63, 3.8) is 0 Å². The zero-order valence-corrected chi connectivity index (χ0v) is 11.2. The molecule has 108 valence electrons. The van der Waals surface area contributed by atoms with E-state index in [0.29, 0.717) is 11.9 Å². The van der Waals surface area contributed by atoms with Crippen LogP contribution in [0.25, 0.3) is 0 Å². The number of sulfonamides is 1. The maximum atomic E-state index is 13.5. The van der Waals surface area contributed by atoms with Crippen LogP contribution in [0.3, 0.4) is 0 Å². The quantitative estimate of drug-likeness (QED) is 0.783. The molecule has 0 amide bonds. The SMILES string of the molecule is Cn1cnnc1CNS(=O)(=O)c1cc(N)cc(F)c1F. The molecule has 0 bridgehead atoms. The molecular weight excluding hydrogens is 292 g/mol. The second kappa shape index (κ2) is 5.13. The van der Waals surface area contributed by atoms with Crippen molar-refractivity contribution in [3.8, 4) is 0 Å². The molecule has 0 aliphatic rings. The molecule has 7 nitrogen and oxygen atoms in total. The molecule has 0 aliphatic carbocycles. The Morgan fingerprint density at radius 3 is 2.70 bits per heavy atom. The summed E-state index contributed by atoms with van der Waals surface area (Å²) >= 11 is 0. The van der Waals surface area contributed by atoms with E-state index in [0.717, 1.165) is 6.07 Å². The van der Waals surface area contributed by atoms with E-state index in [1.54, 1.807) is 7.05 Å². The number of nitrogens with two attached hydrogens (primary N) is 1. The first-order valence-corrected chi connectivity index (χ1v) is 6.86. The molecule has 0 unspecified atom stereocenters. The molecule has 10 heteroatoms. The van der Waals surface area contributed by atoms with Crippen LogP contribution in [-0.4, -0.2) is 23.2 Å². The number of aryl methyl sites for hydroxylation is 1. The van der Waals surface area contributed by atoms with Crippen molar-refractivity contribution in [1.29, 1.82) is 0 Å². The minimum atomic E-state index is -4.25. The maximum Gasteiger partial charge on any atom is 0.244 e. The van der Waals surface area contributed by atoms with Crippen molar-refractivity contribution in [2.75, 3.05) is 5.73 Å². The summed E-state index contributed by atoms with van der Waals surface area (Å²) in [7, 11) is -2.64. The van der Waals surface area contributed by atoms with Crippen LogP contribution in [0.15, 0.2) is 23.4 Å². The highest BCUT2D eigenvalue weighted by Gasteiger charge is 2.23. The van der Waals surface area contributed by atoms with Gasteiger partial charge in [0.1, 0.15) is 17.0 Å². The Kier molecular flexibility index (Phi) is 3.68. The van der Waals surface area contributed by atoms with E-state index < -0.39 is 26.6 Å². The van der Waals surface area contributed by atoms with Gasteiger partial charge >= 0.3 is 0 Å². The van der Waals surface area contributed by atoms with Gasteiger partial charge in [0.05, 0.1) is 6.54 Å². The van der Waals surface area contributed by atoms with Gasteiger partial charge in [-0.1, -0.05) is 0 Å². The zero-order valence-electron chi connectivity index (χ0n) is 10.3. The summed E-state index contributed by atoms with van der Waals surface area (Å²) in [5.74, 6) is -2.49. The van der Waals surface area contributed by atoms with Crippen molar-refractivity contribution in [1.82, 2.24) is 19.5 Å². The molecule has 0 saturated carbocycles. The average molecular weight is 303 g/mol. The second-order valence-electron chi connectivity index (χ2n) is 4.00. The largest absolute Gasteiger partial charge is 0.399 e. The number of rotatable bonds is 4. The topological polar surface area (TPSA) is 103 Å². The van der Waals surface area contributed by atoms with Crippen LogP contribution < -0.4 is 10.5 Å². The molecule has 0 spiro atoms. The van der Waals surface area contributed by atoms with Crippen molar-refractivity contribution in [3.05, 3.63) is 35.9 Å². The normalized spacial score (nSPS) is 11.8. The van der Waals surface area contributed by atoms with Gasteiger partial charge in [0.2, 0.25) is 10.0 Å². The Bertz CT molecular complexity index is 744.